The van der Waals surface area contributed by atoms with E-state index in [1.165, 1.54) is 58.5 Å². The summed E-state index contributed by atoms with van der Waals surface area (Å²) in [6.07, 6.45) is 5.99. The molecule has 2 aliphatic rings. The summed E-state index contributed by atoms with van der Waals surface area (Å²) >= 11 is 0. The molecule has 0 bridgehead atoms. The third-order valence-corrected chi connectivity index (χ3v) is 6.35. The first kappa shape index (κ1) is 20.6. The van der Waals surface area contributed by atoms with E-state index in [0.717, 1.165) is 29.8 Å². The lowest BCUT2D eigenvalue weighted by Gasteiger charge is -2.38. The third kappa shape index (κ3) is 3.62. The Morgan fingerprint density at radius 2 is 2.00 bits per heavy atom. The Morgan fingerprint density at radius 3 is 2.61 bits per heavy atom. The van der Waals surface area contributed by atoms with Gasteiger partial charge in [0.05, 0.1) is 11.4 Å². The summed E-state index contributed by atoms with van der Waals surface area (Å²) in [4.78, 5) is 5.10. The first-order valence-corrected chi connectivity index (χ1v) is 10.8. The van der Waals surface area contributed by atoms with Gasteiger partial charge >= 0.3 is 0 Å². The lowest BCUT2D eigenvalue weighted by Crippen LogP contribution is -2.32. The van der Waals surface area contributed by atoms with Crippen LogP contribution in [0, 0.1) is 18.8 Å². The summed E-state index contributed by atoms with van der Waals surface area (Å²) in [6.45, 7) is 21.9. The summed E-state index contributed by atoms with van der Waals surface area (Å²) in [5, 5.41) is 3.62. The lowest BCUT2D eigenvalue weighted by molar-refractivity contribution is 0.436. The van der Waals surface area contributed by atoms with Gasteiger partial charge in [-0.2, -0.15) is 0 Å². The van der Waals surface area contributed by atoms with Crippen molar-refractivity contribution in [3.05, 3.63) is 69.7 Å². The molecular formula is C26H36N2. The molecule has 0 fully saturated rings. The zero-order valence-corrected chi connectivity index (χ0v) is 18.6. The van der Waals surface area contributed by atoms with Gasteiger partial charge in [0.1, 0.15) is 0 Å². The number of dihydropyridines is 1. The highest BCUT2D eigenvalue weighted by Crippen LogP contribution is 2.45. The molecule has 2 heteroatoms. The number of unbranched alkanes of at least 4 members (excludes halogenated alkanes) is 2. The minimum Gasteiger partial charge on any atom is -0.353 e. The smallest absolute Gasteiger partial charge is 0.0903 e. The van der Waals surface area contributed by atoms with Crippen LogP contribution in [-0.2, 0) is 12.8 Å². The molecule has 2 heterocycles. The standard InChI is InChI=1S/C26H36N2/c1-9-10-11-12-20-13-21-14-22(15(2)3)24-17(6)23(16(4)5)19(8)28-26(24)25(21)27-18(20)7/h13,15,22,28H,4,8-12,14H2,1-3,5-7H3. The van der Waals surface area contributed by atoms with Gasteiger partial charge in [-0.15, -0.1) is 0 Å². The fraction of sp³-hybridized carbons (Fsp3) is 0.500. The molecule has 0 amide bonds. The fourth-order valence-electron chi connectivity index (χ4n) is 4.85. The Labute approximate surface area is 171 Å². The number of aryl methyl sites for hydroxylation is 2. The number of hydrogen-bond acceptors (Lipinski definition) is 2. The molecule has 1 aliphatic heterocycles. The number of pyridine rings is 1. The number of allylic oxidation sites excluding steroid dienone is 3. The van der Waals surface area contributed by atoms with E-state index >= 15 is 0 Å². The Hall–Kier alpha value is -2.09. The van der Waals surface area contributed by atoms with Crippen LogP contribution in [0.5, 0.6) is 0 Å². The molecule has 0 saturated carbocycles. The van der Waals surface area contributed by atoms with Crippen molar-refractivity contribution in [1.29, 1.82) is 0 Å². The summed E-state index contributed by atoms with van der Waals surface area (Å²) in [7, 11) is 0. The molecular weight excluding hydrogens is 340 g/mol. The van der Waals surface area contributed by atoms with Gasteiger partial charge in [0.15, 0.2) is 0 Å². The molecule has 3 rings (SSSR count). The Bertz CT molecular complexity index is 880. The molecule has 1 unspecified atom stereocenters. The quantitative estimate of drug-likeness (QED) is 0.561. The SMILES string of the molecule is C=C(C)C1=C(C)C2=C(NC1=C)c1nc(C)c(CCCCC)cc1CC2C(C)C. The van der Waals surface area contributed by atoms with E-state index in [2.05, 4.69) is 66.1 Å². The second kappa shape index (κ2) is 8.11. The van der Waals surface area contributed by atoms with Gasteiger partial charge in [-0.25, -0.2) is 0 Å². The van der Waals surface area contributed by atoms with Crippen molar-refractivity contribution in [1.82, 2.24) is 10.3 Å². The Kier molecular flexibility index (Phi) is 5.98. The van der Waals surface area contributed by atoms with E-state index in [9.17, 15) is 0 Å². The topological polar surface area (TPSA) is 24.9 Å². The predicted octanol–water partition coefficient (Wildman–Crippen LogP) is 6.67. The molecule has 1 aromatic rings. The average molecular weight is 377 g/mol. The van der Waals surface area contributed by atoms with Crippen LogP contribution in [-0.4, -0.2) is 4.98 Å². The van der Waals surface area contributed by atoms with Gasteiger partial charge in [-0.3, -0.25) is 4.98 Å². The van der Waals surface area contributed by atoms with Crippen LogP contribution in [0.15, 0.2) is 47.2 Å². The highest BCUT2D eigenvalue weighted by Gasteiger charge is 2.35. The monoisotopic (exact) mass is 376 g/mol. The van der Waals surface area contributed by atoms with Crippen LogP contribution >= 0.6 is 0 Å². The van der Waals surface area contributed by atoms with E-state index in [1.54, 1.807) is 0 Å². The normalized spacial score (nSPS) is 19.0. The Balaban J connectivity index is 2.15. The molecule has 2 nitrogen and oxygen atoms in total. The zero-order valence-electron chi connectivity index (χ0n) is 18.6. The molecule has 1 aromatic heterocycles. The molecule has 0 radical (unpaired) electrons. The predicted molar refractivity (Wildman–Crippen MR) is 121 cm³/mol. The van der Waals surface area contributed by atoms with Gasteiger partial charge in [0, 0.05) is 17.0 Å². The molecule has 0 spiro atoms. The van der Waals surface area contributed by atoms with Crippen molar-refractivity contribution in [2.24, 2.45) is 11.8 Å². The maximum absolute atomic E-state index is 5.10. The minimum atomic E-state index is 0.491. The molecule has 0 saturated heterocycles. The van der Waals surface area contributed by atoms with E-state index in [0.29, 0.717) is 11.8 Å². The van der Waals surface area contributed by atoms with Crippen molar-refractivity contribution in [3.8, 4) is 0 Å². The summed E-state index contributed by atoms with van der Waals surface area (Å²) in [6, 6.07) is 2.43. The molecule has 1 atom stereocenters. The number of nitrogens with one attached hydrogen (secondary N) is 1. The van der Waals surface area contributed by atoms with E-state index in [-0.39, 0.29) is 0 Å². The zero-order chi connectivity index (χ0) is 20.6. The minimum absolute atomic E-state index is 0.491. The third-order valence-electron chi connectivity index (χ3n) is 6.35. The Morgan fingerprint density at radius 1 is 1.29 bits per heavy atom. The van der Waals surface area contributed by atoms with E-state index in [1.807, 2.05) is 0 Å². The van der Waals surface area contributed by atoms with Gasteiger partial charge in [0.25, 0.3) is 0 Å². The number of aromatic nitrogens is 1. The van der Waals surface area contributed by atoms with Crippen molar-refractivity contribution in [3.63, 3.8) is 0 Å². The number of rotatable bonds is 6. The number of fused-ring (bicyclic) bond motifs is 2. The second-order valence-corrected chi connectivity index (χ2v) is 8.92. The van der Waals surface area contributed by atoms with Crippen LogP contribution in [0.1, 0.15) is 76.4 Å². The maximum Gasteiger partial charge on any atom is 0.0903 e. The van der Waals surface area contributed by atoms with Crippen LogP contribution < -0.4 is 5.32 Å². The lowest BCUT2D eigenvalue weighted by atomic mass is 9.71. The first-order chi connectivity index (χ1) is 13.3. The summed E-state index contributed by atoms with van der Waals surface area (Å²) < 4.78 is 0. The van der Waals surface area contributed by atoms with Crippen molar-refractivity contribution in [2.45, 2.75) is 73.6 Å². The van der Waals surface area contributed by atoms with E-state index < -0.39 is 0 Å². The molecule has 0 aromatic carbocycles. The molecule has 1 N–H and O–H groups in total. The van der Waals surface area contributed by atoms with Gasteiger partial charge in [-0.1, -0.05) is 52.8 Å². The average Bonchev–Trinajstić information content (AvgIpc) is 2.61. The van der Waals surface area contributed by atoms with Crippen LogP contribution in [0.25, 0.3) is 5.70 Å². The van der Waals surface area contributed by atoms with Crippen molar-refractivity contribution < 1.29 is 0 Å². The van der Waals surface area contributed by atoms with Gasteiger partial charge in [-0.05, 0) is 79.7 Å². The van der Waals surface area contributed by atoms with Crippen LogP contribution in [0.3, 0.4) is 0 Å². The molecule has 1 aliphatic carbocycles. The second-order valence-electron chi connectivity index (χ2n) is 8.92. The molecule has 150 valence electrons. The summed E-state index contributed by atoms with van der Waals surface area (Å²) in [5.41, 5.74) is 12.2. The van der Waals surface area contributed by atoms with Gasteiger partial charge in [0.2, 0.25) is 0 Å². The first-order valence-electron chi connectivity index (χ1n) is 10.8. The van der Waals surface area contributed by atoms with Crippen molar-refractivity contribution >= 4 is 5.70 Å². The molecule has 28 heavy (non-hydrogen) atoms. The number of nitrogens with zero attached hydrogens (tertiary/aromatic N) is 1. The van der Waals surface area contributed by atoms with E-state index in [4.69, 9.17) is 4.98 Å². The number of hydrogen-bond donors (Lipinski definition) is 1. The maximum atomic E-state index is 5.10. The van der Waals surface area contributed by atoms with Gasteiger partial charge < -0.3 is 5.32 Å². The van der Waals surface area contributed by atoms with Crippen LogP contribution in [0.2, 0.25) is 0 Å². The highest BCUT2D eigenvalue weighted by atomic mass is 15.0. The fourth-order valence-corrected chi connectivity index (χ4v) is 4.85. The van der Waals surface area contributed by atoms with Crippen molar-refractivity contribution in [2.75, 3.05) is 0 Å². The summed E-state index contributed by atoms with van der Waals surface area (Å²) in [5.74, 6) is 1.06. The van der Waals surface area contributed by atoms with Crippen LogP contribution in [0.4, 0.5) is 0 Å². The highest BCUT2D eigenvalue weighted by molar-refractivity contribution is 5.80. The largest absolute Gasteiger partial charge is 0.353 e.